The van der Waals surface area contributed by atoms with Gasteiger partial charge in [-0.3, -0.25) is 9.89 Å². The quantitative estimate of drug-likeness (QED) is 0.762. The molecule has 0 fully saturated rings. The van der Waals surface area contributed by atoms with Crippen LogP contribution in [0.2, 0.25) is 0 Å². The fourth-order valence-electron chi connectivity index (χ4n) is 3.66. The van der Waals surface area contributed by atoms with Crippen molar-refractivity contribution in [2.75, 3.05) is 13.2 Å². The molecule has 0 radical (unpaired) electrons. The Morgan fingerprint density at radius 3 is 2.70 bits per heavy atom. The number of nitrogens with zero attached hydrogens (tertiary/aromatic N) is 2. The van der Waals surface area contributed by atoms with E-state index in [2.05, 4.69) is 10.2 Å². The molecule has 136 valence electrons. The average molecular weight is 361 g/mol. The Morgan fingerprint density at radius 2 is 1.85 bits per heavy atom. The van der Waals surface area contributed by atoms with Crippen LogP contribution in [-0.2, 0) is 17.8 Å². The van der Waals surface area contributed by atoms with E-state index in [4.69, 9.17) is 9.47 Å². The van der Waals surface area contributed by atoms with Crippen molar-refractivity contribution in [3.63, 3.8) is 0 Å². The first-order valence-corrected chi connectivity index (χ1v) is 9.08. The van der Waals surface area contributed by atoms with E-state index >= 15 is 0 Å². The number of carbonyl (C=O) groups excluding carboxylic acids is 1. The van der Waals surface area contributed by atoms with E-state index in [1.165, 1.54) is 0 Å². The number of benzene rings is 2. The smallest absolute Gasteiger partial charge is 0.267 e. The highest BCUT2D eigenvalue weighted by Gasteiger charge is 2.34. The van der Waals surface area contributed by atoms with E-state index in [9.17, 15) is 4.79 Å². The molecule has 0 saturated heterocycles. The highest BCUT2D eigenvalue weighted by atomic mass is 16.6. The first kappa shape index (κ1) is 15.9. The first-order valence-electron chi connectivity index (χ1n) is 9.08. The van der Waals surface area contributed by atoms with Crippen LogP contribution in [-0.4, -0.2) is 40.3 Å². The number of amides is 1. The molecule has 2 aliphatic heterocycles. The number of fused-ring (bicyclic) bond motifs is 2. The predicted octanol–water partition coefficient (Wildman–Crippen LogP) is 2.80. The van der Waals surface area contributed by atoms with Crippen molar-refractivity contribution in [2.45, 2.75) is 19.1 Å². The van der Waals surface area contributed by atoms with E-state index in [1.807, 2.05) is 59.5 Å². The second-order valence-electron chi connectivity index (χ2n) is 6.77. The number of rotatable bonds is 2. The Balaban J connectivity index is 1.37. The van der Waals surface area contributed by atoms with Crippen molar-refractivity contribution in [2.24, 2.45) is 0 Å². The van der Waals surface area contributed by atoms with E-state index in [0.717, 1.165) is 28.9 Å². The number of aromatic nitrogens is 2. The first-order chi connectivity index (χ1) is 13.3. The highest BCUT2D eigenvalue weighted by Crippen LogP contribution is 2.33. The third kappa shape index (κ3) is 2.83. The van der Waals surface area contributed by atoms with Gasteiger partial charge in [-0.2, -0.15) is 5.10 Å². The summed E-state index contributed by atoms with van der Waals surface area (Å²) in [6.45, 7) is 1.40. The average Bonchev–Trinajstić information content (AvgIpc) is 3.17. The number of hydrogen-bond acceptors (Lipinski definition) is 4. The number of H-pyrrole nitrogens is 1. The fourth-order valence-corrected chi connectivity index (χ4v) is 3.66. The maximum absolute atomic E-state index is 13.0. The zero-order chi connectivity index (χ0) is 18.2. The minimum atomic E-state index is -0.617. The van der Waals surface area contributed by atoms with Crippen molar-refractivity contribution in [1.82, 2.24) is 15.1 Å². The number of hydrogen-bond donors (Lipinski definition) is 1. The van der Waals surface area contributed by atoms with Gasteiger partial charge in [-0.1, -0.05) is 42.5 Å². The Kier molecular flexibility index (Phi) is 3.81. The molecule has 0 aliphatic carbocycles. The number of ether oxygens (including phenoxy) is 2. The highest BCUT2D eigenvalue weighted by molar-refractivity contribution is 5.82. The van der Waals surface area contributed by atoms with E-state index in [0.29, 0.717) is 24.6 Å². The molecule has 2 aromatic carbocycles. The standard InChI is InChI=1S/C21H19N3O3/c25-21(19-13-26-17-8-4-5-9-18(17)27-19)24-11-10-16-15(12-24)20(23-22-16)14-6-2-1-3-7-14/h1-9,19H,10-13H2,(H,22,23). The number of carbonyl (C=O) groups is 1. The molecule has 3 heterocycles. The van der Waals surface area contributed by atoms with Crippen LogP contribution >= 0.6 is 0 Å². The van der Waals surface area contributed by atoms with Gasteiger partial charge >= 0.3 is 0 Å². The largest absolute Gasteiger partial charge is 0.485 e. The molecule has 1 atom stereocenters. The van der Waals surface area contributed by atoms with Crippen LogP contribution < -0.4 is 9.47 Å². The van der Waals surface area contributed by atoms with Gasteiger partial charge in [0, 0.05) is 36.3 Å². The maximum atomic E-state index is 13.0. The van der Waals surface area contributed by atoms with Crippen LogP contribution in [0.4, 0.5) is 0 Å². The van der Waals surface area contributed by atoms with Crippen LogP contribution in [0.15, 0.2) is 54.6 Å². The third-order valence-corrected chi connectivity index (χ3v) is 5.08. The molecular formula is C21H19N3O3. The molecular weight excluding hydrogens is 342 g/mol. The predicted molar refractivity (Wildman–Crippen MR) is 99.5 cm³/mol. The van der Waals surface area contributed by atoms with Gasteiger partial charge in [0.05, 0.1) is 5.69 Å². The van der Waals surface area contributed by atoms with Crippen molar-refractivity contribution in [3.8, 4) is 22.8 Å². The minimum absolute atomic E-state index is 0.0460. The monoisotopic (exact) mass is 361 g/mol. The Hall–Kier alpha value is -3.28. The van der Waals surface area contributed by atoms with Gasteiger partial charge in [0.1, 0.15) is 6.61 Å². The van der Waals surface area contributed by atoms with Crippen molar-refractivity contribution in [1.29, 1.82) is 0 Å². The molecule has 1 unspecified atom stereocenters. The number of nitrogens with one attached hydrogen (secondary N) is 1. The lowest BCUT2D eigenvalue weighted by molar-refractivity contribution is -0.142. The van der Waals surface area contributed by atoms with Crippen molar-refractivity contribution >= 4 is 5.91 Å². The van der Waals surface area contributed by atoms with Crippen LogP contribution in [0.5, 0.6) is 11.5 Å². The van der Waals surface area contributed by atoms with E-state index < -0.39 is 6.10 Å². The summed E-state index contributed by atoms with van der Waals surface area (Å²) in [7, 11) is 0. The molecule has 1 aromatic heterocycles. The molecule has 3 aromatic rings. The molecule has 6 nitrogen and oxygen atoms in total. The van der Waals surface area contributed by atoms with Crippen molar-refractivity contribution in [3.05, 3.63) is 65.9 Å². The van der Waals surface area contributed by atoms with Crippen LogP contribution in [0.3, 0.4) is 0 Å². The summed E-state index contributed by atoms with van der Waals surface area (Å²) < 4.78 is 11.6. The number of para-hydroxylation sites is 2. The summed E-state index contributed by atoms with van der Waals surface area (Å²) in [5, 5.41) is 7.62. The molecule has 0 saturated carbocycles. The molecule has 6 heteroatoms. The van der Waals surface area contributed by atoms with Gasteiger partial charge in [0.15, 0.2) is 11.5 Å². The lowest BCUT2D eigenvalue weighted by Gasteiger charge is -2.32. The molecule has 5 rings (SSSR count). The zero-order valence-corrected chi connectivity index (χ0v) is 14.7. The van der Waals surface area contributed by atoms with Gasteiger partial charge in [-0.05, 0) is 12.1 Å². The topological polar surface area (TPSA) is 67.5 Å². The van der Waals surface area contributed by atoms with Crippen molar-refractivity contribution < 1.29 is 14.3 Å². The summed E-state index contributed by atoms with van der Waals surface area (Å²) in [5.74, 6) is 1.26. The molecule has 0 spiro atoms. The summed E-state index contributed by atoms with van der Waals surface area (Å²) in [6, 6.07) is 17.5. The Labute approximate surface area is 156 Å². The summed E-state index contributed by atoms with van der Waals surface area (Å²) >= 11 is 0. The van der Waals surface area contributed by atoms with Gasteiger partial charge in [-0.15, -0.1) is 0 Å². The Bertz CT molecular complexity index is 983. The summed E-state index contributed by atoms with van der Waals surface area (Å²) in [5.41, 5.74) is 4.15. The Morgan fingerprint density at radius 1 is 1.07 bits per heavy atom. The fraction of sp³-hybridized carbons (Fsp3) is 0.238. The minimum Gasteiger partial charge on any atom is -0.485 e. The molecule has 1 amide bonds. The molecule has 0 bridgehead atoms. The van der Waals surface area contributed by atoms with Crippen LogP contribution in [0.25, 0.3) is 11.3 Å². The second kappa shape index (κ2) is 6.46. The van der Waals surface area contributed by atoms with Crippen LogP contribution in [0, 0.1) is 0 Å². The van der Waals surface area contributed by atoms with Gasteiger partial charge in [-0.25, -0.2) is 0 Å². The SMILES string of the molecule is O=C(C1COc2ccccc2O1)N1CCc2[nH]nc(-c3ccccc3)c2C1. The normalized spacial score (nSPS) is 18.1. The maximum Gasteiger partial charge on any atom is 0.267 e. The third-order valence-electron chi connectivity index (χ3n) is 5.08. The molecule has 2 aliphatic rings. The van der Waals surface area contributed by atoms with Gasteiger partial charge in [0.25, 0.3) is 5.91 Å². The summed E-state index contributed by atoms with van der Waals surface area (Å²) in [4.78, 5) is 14.9. The van der Waals surface area contributed by atoms with Gasteiger partial charge < -0.3 is 14.4 Å². The van der Waals surface area contributed by atoms with Gasteiger partial charge in [0.2, 0.25) is 6.10 Å². The van der Waals surface area contributed by atoms with Crippen LogP contribution in [0.1, 0.15) is 11.3 Å². The zero-order valence-electron chi connectivity index (χ0n) is 14.7. The van der Waals surface area contributed by atoms with E-state index in [1.54, 1.807) is 0 Å². The lowest BCUT2D eigenvalue weighted by atomic mass is 10.0. The number of aromatic amines is 1. The molecule has 1 N–H and O–H groups in total. The second-order valence-corrected chi connectivity index (χ2v) is 6.77. The summed E-state index contributed by atoms with van der Waals surface area (Å²) in [6.07, 6.45) is 0.138. The molecule has 27 heavy (non-hydrogen) atoms. The van der Waals surface area contributed by atoms with E-state index in [-0.39, 0.29) is 12.5 Å². The lowest BCUT2D eigenvalue weighted by Crippen LogP contribution is -2.47.